The Morgan fingerprint density at radius 1 is 1.00 bits per heavy atom. The number of piperazine rings is 1. The summed E-state index contributed by atoms with van der Waals surface area (Å²) in [5.41, 5.74) is 2.83. The van der Waals surface area contributed by atoms with Gasteiger partial charge in [0.25, 0.3) is 5.91 Å². The molecule has 5 rings (SSSR count). The van der Waals surface area contributed by atoms with Crippen molar-refractivity contribution in [3.63, 3.8) is 0 Å². The lowest BCUT2D eigenvalue weighted by atomic mass is 9.82. The lowest BCUT2D eigenvalue weighted by molar-refractivity contribution is -0.00997. The van der Waals surface area contributed by atoms with E-state index in [0.717, 1.165) is 28.3 Å². The van der Waals surface area contributed by atoms with E-state index in [2.05, 4.69) is 49.0 Å². The van der Waals surface area contributed by atoms with Crippen molar-refractivity contribution >= 4 is 23.6 Å². The minimum absolute atomic E-state index is 0.0363. The summed E-state index contributed by atoms with van der Waals surface area (Å²) in [5.74, 6) is 0.218. The second-order valence-electron chi connectivity index (χ2n) is 13.8. The van der Waals surface area contributed by atoms with E-state index in [1.165, 1.54) is 0 Å². The standard InChI is InChI=1S/C34H45ClN6O3/c1-23-18-38(32(43)44-33(3,4)5)19-24(2)40(23)22-27-21-39(37-36-27)20-25-12-14-26(15-13-25)31(42)41-17-16-29(34(41,6)7)28-10-8-9-11-30(28)35/h8-15,21,23-24,29H,16-20,22H2,1-7H3/t23-,24+,29?. The molecular weight excluding hydrogens is 576 g/mol. The quantitative estimate of drug-likeness (QED) is 0.325. The van der Waals surface area contributed by atoms with Crippen LogP contribution in [-0.2, 0) is 17.8 Å². The topological polar surface area (TPSA) is 83.8 Å². The van der Waals surface area contributed by atoms with Crippen molar-refractivity contribution in [1.29, 1.82) is 0 Å². The SMILES string of the molecule is C[C@@H]1CN(C(=O)OC(C)(C)C)C[C@H](C)N1Cc1cn(Cc2ccc(C(=O)N3CCC(c4ccccc4Cl)C3(C)C)cc2)nn1. The van der Waals surface area contributed by atoms with Crippen molar-refractivity contribution in [2.45, 2.75) is 97.1 Å². The van der Waals surface area contributed by atoms with Gasteiger partial charge in [0, 0.05) is 60.3 Å². The van der Waals surface area contributed by atoms with Gasteiger partial charge in [-0.2, -0.15) is 0 Å². The number of aromatic nitrogens is 3. The maximum atomic E-state index is 13.6. The van der Waals surface area contributed by atoms with Crippen LogP contribution >= 0.6 is 11.6 Å². The smallest absolute Gasteiger partial charge is 0.410 e. The number of likely N-dealkylation sites (tertiary alicyclic amines) is 1. The van der Waals surface area contributed by atoms with Gasteiger partial charge in [0.05, 0.1) is 18.4 Å². The third kappa shape index (κ3) is 6.94. The molecule has 2 fully saturated rings. The number of hydrogen-bond acceptors (Lipinski definition) is 6. The molecule has 0 aliphatic carbocycles. The lowest BCUT2D eigenvalue weighted by Crippen LogP contribution is -2.58. The number of nitrogens with zero attached hydrogens (tertiary/aromatic N) is 6. The Morgan fingerprint density at radius 3 is 2.30 bits per heavy atom. The van der Waals surface area contributed by atoms with Crippen molar-refractivity contribution in [3.05, 3.63) is 82.1 Å². The molecule has 0 radical (unpaired) electrons. The molecule has 236 valence electrons. The maximum absolute atomic E-state index is 13.6. The summed E-state index contributed by atoms with van der Waals surface area (Å²) in [4.78, 5) is 32.3. The normalized spacial score (nSPS) is 22.3. The van der Waals surface area contributed by atoms with Gasteiger partial charge in [0.2, 0.25) is 0 Å². The van der Waals surface area contributed by atoms with Gasteiger partial charge in [-0.15, -0.1) is 5.10 Å². The van der Waals surface area contributed by atoms with Crippen LogP contribution in [0, 0.1) is 0 Å². The molecule has 2 amide bonds. The highest BCUT2D eigenvalue weighted by Crippen LogP contribution is 2.44. The van der Waals surface area contributed by atoms with Gasteiger partial charge in [-0.3, -0.25) is 9.69 Å². The first-order chi connectivity index (χ1) is 20.7. The number of amides is 2. The lowest BCUT2D eigenvalue weighted by Gasteiger charge is -2.44. The molecule has 2 aliphatic heterocycles. The Kier molecular flexibility index (Phi) is 9.10. The van der Waals surface area contributed by atoms with Crippen molar-refractivity contribution < 1.29 is 14.3 Å². The van der Waals surface area contributed by atoms with Crippen LogP contribution in [0.15, 0.2) is 54.7 Å². The van der Waals surface area contributed by atoms with Crippen LogP contribution in [0.2, 0.25) is 5.02 Å². The highest BCUT2D eigenvalue weighted by Gasteiger charge is 2.45. The average molecular weight is 621 g/mol. The van der Waals surface area contributed by atoms with Gasteiger partial charge in [-0.1, -0.05) is 47.1 Å². The van der Waals surface area contributed by atoms with E-state index in [0.29, 0.717) is 38.3 Å². The number of rotatable bonds is 6. The Balaban J connectivity index is 1.17. The molecule has 0 saturated carbocycles. The fourth-order valence-corrected chi connectivity index (χ4v) is 6.93. The molecule has 0 bridgehead atoms. The van der Waals surface area contributed by atoms with Gasteiger partial charge >= 0.3 is 6.09 Å². The van der Waals surface area contributed by atoms with Crippen LogP contribution < -0.4 is 0 Å². The predicted octanol–water partition coefficient (Wildman–Crippen LogP) is 6.22. The molecule has 1 aromatic heterocycles. The summed E-state index contributed by atoms with van der Waals surface area (Å²) in [7, 11) is 0. The molecule has 2 aromatic carbocycles. The first-order valence-electron chi connectivity index (χ1n) is 15.5. The van der Waals surface area contributed by atoms with E-state index in [9.17, 15) is 9.59 Å². The number of benzene rings is 2. The fourth-order valence-electron chi connectivity index (χ4n) is 6.66. The van der Waals surface area contributed by atoms with E-state index in [1.807, 2.05) is 79.0 Å². The molecular formula is C34H45ClN6O3. The largest absolute Gasteiger partial charge is 0.444 e. The minimum Gasteiger partial charge on any atom is -0.444 e. The molecule has 2 saturated heterocycles. The third-order valence-corrected chi connectivity index (χ3v) is 9.29. The Morgan fingerprint density at radius 2 is 1.66 bits per heavy atom. The number of ether oxygens (including phenoxy) is 1. The fraction of sp³-hybridized carbons (Fsp3) is 0.529. The van der Waals surface area contributed by atoms with Gasteiger partial charge in [0.1, 0.15) is 5.60 Å². The molecule has 0 spiro atoms. The highest BCUT2D eigenvalue weighted by molar-refractivity contribution is 6.31. The van der Waals surface area contributed by atoms with Gasteiger partial charge in [-0.05, 0) is 84.2 Å². The summed E-state index contributed by atoms with van der Waals surface area (Å²) in [5, 5.41) is 9.54. The van der Waals surface area contributed by atoms with Crippen LogP contribution in [-0.4, -0.2) is 84.6 Å². The second kappa shape index (κ2) is 12.5. The van der Waals surface area contributed by atoms with Crippen LogP contribution in [0.4, 0.5) is 4.79 Å². The van der Waals surface area contributed by atoms with E-state index in [4.69, 9.17) is 16.3 Å². The molecule has 10 heteroatoms. The Bertz CT molecular complexity index is 1470. The summed E-state index contributed by atoms with van der Waals surface area (Å²) < 4.78 is 7.41. The van der Waals surface area contributed by atoms with Crippen LogP contribution in [0.5, 0.6) is 0 Å². The Hall–Kier alpha value is -3.43. The summed E-state index contributed by atoms with van der Waals surface area (Å²) >= 11 is 6.52. The molecule has 9 nitrogen and oxygen atoms in total. The van der Waals surface area contributed by atoms with Crippen molar-refractivity contribution in [2.75, 3.05) is 19.6 Å². The van der Waals surface area contributed by atoms with E-state index < -0.39 is 5.60 Å². The molecule has 3 heterocycles. The summed E-state index contributed by atoms with van der Waals surface area (Å²) in [6.45, 7) is 17.3. The van der Waals surface area contributed by atoms with Crippen LogP contribution in [0.25, 0.3) is 0 Å². The zero-order valence-electron chi connectivity index (χ0n) is 27.0. The molecule has 0 N–H and O–H groups in total. The summed E-state index contributed by atoms with van der Waals surface area (Å²) in [6.07, 6.45) is 2.59. The van der Waals surface area contributed by atoms with Crippen molar-refractivity contribution in [3.8, 4) is 0 Å². The number of halogens is 1. The van der Waals surface area contributed by atoms with Crippen molar-refractivity contribution in [2.24, 2.45) is 0 Å². The predicted molar refractivity (Wildman–Crippen MR) is 172 cm³/mol. The minimum atomic E-state index is -0.513. The van der Waals surface area contributed by atoms with E-state index >= 15 is 0 Å². The molecule has 44 heavy (non-hydrogen) atoms. The molecule has 3 atom stereocenters. The maximum Gasteiger partial charge on any atom is 0.410 e. The van der Waals surface area contributed by atoms with Crippen LogP contribution in [0.3, 0.4) is 0 Å². The second-order valence-corrected chi connectivity index (χ2v) is 14.2. The highest BCUT2D eigenvalue weighted by atomic mass is 35.5. The average Bonchev–Trinajstić information content (AvgIpc) is 3.52. The Labute approximate surface area is 266 Å². The van der Waals surface area contributed by atoms with Crippen molar-refractivity contribution in [1.82, 2.24) is 29.7 Å². The van der Waals surface area contributed by atoms with Gasteiger partial charge in [-0.25, -0.2) is 9.48 Å². The van der Waals surface area contributed by atoms with E-state index in [-0.39, 0.29) is 35.5 Å². The van der Waals surface area contributed by atoms with Crippen LogP contribution in [0.1, 0.15) is 88.0 Å². The van der Waals surface area contributed by atoms with E-state index in [1.54, 1.807) is 4.90 Å². The third-order valence-electron chi connectivity index (χ3n) is 8.94. The molecule has 3 aromatic rings. The zero-order valence-corrected chi connectivity index (χ0v) is 27.7. The number of carbonyl (C=O) groups excluding carboxylic acids is 2. The molecule has 2 aliphatic rings. The zero-order chi connectivity index (χ0) is 31.8. The molecule has 1 unspecified atom stereocenters. The number of carbonyl (C=O) groups is 2. The first kappa shape index (κ1) is 32.0. The van der Waals surface area contributed by atoms with Gasteiger partial charge < -0.3 is 14.5 Å². The van der Waals surface area contributed by atoms with Gasteiger partial charge in [0.15, 0.2) is 0 Å². The monoisotopic (exact) mass is 620 g/mol. The number of hydrogen-bond donors (Lipinski definition) is 0. The summed E-state index contributed by atoms with van der Waals surface area (Å²) in [6, 6.07) is 16.0. The first-order valence-corrected chi connectivity index (χ1v) is 15.9.